The van der Waals surface area contributed by atoms with Gasteiger partial charge in [-0.15, -0.1) is 0 Å². The van der Waals surface area contributed by atoms with E-state index in [0.29, 0.717) is 9.92 Å². The topological polar surface area (TPSA) is 241 Å². The van der Waals surface area contributed by atoms with Crippen molar-refractivity contribution < 1.29 is 51.0 Å². The molecule has 2 aliphatic heterocycles. The fourth-order valence-corrected chi connectivity index (χ4v) is 15.7. The lowest BCUT2D eigenvalue weighted by Crippen LogP contribution is -2.50. The fourth-order valence-electron chi connectivity index (χ4n) is 9.03. The van der Waals surface area contributed by atoms with Gasteiger partial charge in [-0.1, -0.05) is 144 Å². The number of benzene rings is 4. The van der Waals surface area contributed by atoms with E-state index in [0.717, 1.165) is 38.7 Å². The third-order valence-electron chi connectivity index (χ3n) is 15.2. The van der Waals surface area contributed by atoms with Gasteiger partial charge in [0.25, 0.3) is 11.1 Å². The van der Waals surface area contributed by atoms with E-state index in [1.54, 1.807) is 24.3 Å². The summed E-state index contributed by atoms with van der Waals surface area (Å²) in [5.74, 6) is 0. The normalized spacial score (nSPS) is 22.9. The van der Waals surface area contributed by atoms with Gasteiger partial charge in [0.2, 0.25) is 0 Å². The lowest BCUT2D eigenvalue weighted by molar-refractivity contribution is -0.0945. The Hall–Kier alpha value is -4.43. The first-order valence-corrected chi connectivity index (χ1v) is 36.3. The molecule has 8 rings (SSSR count). The van der Waals surface area contributed by atoms with E-state index in [1.165, 1.54) is 23.0 Å². The van der Waals surface area contributed by atoms with Gasteiger partial charge in [0.1, 0.15) is 42.2 Å². The Morgan fingerprint density at radius 2 is 1.02 bits per heavy atom. The predicted molar refractivity (Wildman–Crippen MR) is 312 cm³/mol. The van der Waals surface area contributed by atoms with Crippen LogP contribution in [0, 0.1) is 0 Å². The highest BCUT2D eigenvalue weighted by atomic mass is 35.5. The van der Waals surface area contributed by atoms with E-state index in [1.807, 2.05) is 159 Å². The van der Waals surface area contributed by atoms with Crippen LogP contribution >= 0.6 is 38.4 Å². The summed E-state index contributed by atoms with van der Waals surface area (Å²) in [6, 6.07) is 37.7. The van der Waals surface area contributed by atoms with E-state index in [2.05, 4.69) is 9.97 Å². The summed E-state index contributed by atoms with van der Waals surface area (Å²) in [5.41, 5.74) is -1.97. The second-order valence-electron chi connectivity index (χ2n) is 22.6. The molecule has 6 aromatic rings. The fraction of sp³-hybridized carbons (Fsp3) is 0.418. The van der Waals surface area contributed by atoms with Crippen molar-refractivity contribution in [3.05, 3.63) is 203 Å². The molecular weight excluding hydrogens is 1140 g/mol. The summed E-state index contributed by atoms with van der Waals surface area (Å²) in [6.45, 7) is 14.3. The SMILES string of the molecule is CC(C)(C)[Si](C)(C)O[C@@H]1[C@H](OP(O)O)[C@@H](COP(=O)(O[C@H]2[C@@H](O[Si](C)(C)C(C)(C)C)[C@H](n3ccc(=O)[nH]c3=O)O[C@@H]2COC(c2ccccc2)(c2ccccc2)c2ccccc2)Sc2ccc(Cl)cc2)O[C@H]1n1ccc(=O)[nH]c1=O. The zero-order valence-electron chi connectivity index (χ0n) is 46.1. The average Bonchev–Trinajstić information content (AvgIpc) is 4.10. The molecular formula is C55H69ClN4O15P2SSi2. The number of rotatable bonds is 21. The van der Waals surface area contributed by atoms with Gasteiger partial charge in [0.15, 0.2) is 29.1 Å². The summed E-state index contributed by atoms with van der Waals surface area (Å²) < 4.78 is 73.3. The van der Waals surface area contributed by atoms with Crippen LogP contribution in [0.15, 0.2) is 164 Å². The zero-order valence-corrected chi connectivity index (χ0v) is 51.5. The standard InChI is InChI=1S/C55H69ClN4O15P2SSi2/c1-53(2,3)79(7,8)74-47-45(72-76(65)66)42(71-49(47)59-32-30-43(61)57-51(59)63)35-69-77(67,78-40-28-26-39(56)27-29-40)73-46-41(70-50(60-33-31-44(62)58-52(60)64)48(46)75-80(9,10)54(4,5)6)34-68-55(36-20-14-11-15-21-36,37-22-16-12-17-23-37)38-24-18-13-19-25-38/h11-33,41-42,45-50,65-66H,34-35H2,1-10H3,(H,57,61,63)(H,58,62,64)/t41-,42-,45-,46-,47-,48-,49-,50-,77?/m1/s1. The van der Waals surface area contributed by atoms with Crippen molar-refractivity contribution in [2.24, 2.45) is 0 Å². The van der Waals surface area contributed by atoms with E-state index < -0.39 is 126 Å². The minimum Gasteiger partial charge on any atom is -0.407 e. The molecule has 4 aromatic carbocycles. The Morgan fingerprint density at radius 1 is 0.613 bits per heavy atom. The van der Waals surface area contributed by atoms with Crippen molar-refractivity contribution in [3.8, 4) is 0 Å². The maximum atomic E-state index is 16.4. The summed E-state index contributed by atoms with van der Waals surface area (Å²) in [4.78, 5) is 78.5. The molecule has 4 N–H and O–H groups in total. The van der Waals surface area contributed by atoms with Crippen molar-refractivity contribution in [1.29, 1.82) is 0 Å². The smallest absolute Gasteiger partial charge is 0.394 e. The number of nitrogens with zero attached hydrogens (tertiary/aromatic N) is 2. The molecule has 4 heterocycles. The monoisotopic (exact) mass is 1210 g/mol. The molecule has 19 nitrogen and oxygen atoms in total. The third-order valence-corrected chi connectivity index (χ3v) is 28.4. The van der Waals surface area contributed by atoms with Gasteiger partial charge in [-0.25, -0.2) is 14.2 Å². The summed E-state index contributed by atoms with van der Waals surface area (Å²) >= 11 is 7.11. The molecule has 2 fully saturated rings. The van der Waals surface area contributed by atoms with Crippen molar-refractivity contribution in [1.82, 2.24) is 19.1 Å². The van der Waals surface area contributed by atoms with Crippen molar-refractivity contribution in [2.75, 3.05) is 13.2 Å². The number of aromatic amines is 2. The third kappa shape index (κ3) is 13.8. The lowest BCUT2D eigenvalue weighted by atomic mass is 9.80. The Balaban J connectivity index is 1.27. The van der Waals surface area contributed by atoms with Gasteiger partial charge in [0, 0.05) is 34.4 Å². The van der Waals surface area contributed by atoms with Crippen molar-refractivity contribution >= 4 is 55.0 Å². The molecule has 9 atom stereocenters. The number of hydrogen-bond acceptors (Lipinski definition) is 16. The van der Waals surface area contributed by atoms with Gasteiger partial charge < -0.3 is 37.4 Å². The van der Waals surface area contributed by atoms with Gasteiger partial charge in [-0.3, -0.25) is 37.7 Å². The average molecular weight is 1210 g/mol. The van der Waals surface area contributed by atoms with Crippen LogP contribution in [0.1, 0.15) is 70.7 Å². The predicted octanol–water partition coefficient (Wildman–Crippen LogP) is 10.2. The molecule has 0 aliphatic carbocycles. The lowest BCUT2D eigenvalue weighted by Gasteiger charge is -2.41. The minimum atomic E-state index is -4.75. The molecule has 1 unspecified atom stereocenters. The van der Waals surface area contributed by atoms with Crippen LogP contribution in [0.4, 0.5) is 0 Å². The highest BCUT2D eigenvalue weighted by Crippen LogP contribution is 2.66. The number of hydrogen-bond donors (Lipinski definition) is 4. The van der Waals surface area contributed by atoms with E-state index >= 15 is 4.57 Å². The minimum absolute atomic E-state index is 0.290. The van der Waals surface area contributed by atoms with E-state index in [4.69, 9.17) is 48.2 Å². The second-order valence-corrected chi connectivity index (χ2v) is 37.2. The molecule has 80 heavy (non-hydrogen) atoms. The van der Waals surface area contributed by atoms with Crippen LogP contribution in [0.25, 0.3) is 0 Å². The van der Waals surface area contributed by atoms with Crippen LogP contribution in [-0.4, -0.2) is 95.4 Å². The quantitative estimate of drug-likeness (QED) is 0.0298. The van der Waals surface area contributed by atoms with Crippen LogP contribution in [0.3, 0.4) is 0 Å². The molecule has 0 amide bonds. The first-order chi connectivity index (χ1) is 37.6. The molecule has 0 spiro atoms. The number of H-pyrrole nitrogens is 2. The summed E-state index contributed by atoms with van der Waals surface area (Å²) in [5, 5.41) is -0.472. The molecule has 0 bridgehead atoms. The van der Waals surface area contributed by atoms with Crippen LogP contribution in [-0.2, 0) is 46.8 Å². The molecule has 430 valence electrons. The maximum absolute atomic E-state index is 16.4. The molecule has 25 heteroatoms. The zero-order chi connectivity index (χ0) is 58.0. The first-order valence-electron chi connectivity index (χ1n) is 25.9. The Morgan fingerprint density at radius 3 is 1.43 bits per heavy atom. The molecule has 2 aliphatic rings. The second kappa shape index (κ2) is 24.8. The number of nitrogens with one attached hydrogen (secondary N) is 2. The largest absolute Gasteiger partial charge is 0.407 e. The molecule has 2 saturated heterocycles. The van der Waals surface area contributed by atoms with Crippen molar-refractivity contribution in [2.45, 2.75) is 137 Å². The summed E-state index contributed by atoms with van der Waals surface area (Å²) in [7, 11) is -8.90. The van der Waals surface area contributed by atoms with Gasteiger partial charge in [-0.2, -0.15) is 0 Å². The van der Waals surface area contributed by atoms with Gasteiger partial charge in [0.05, 0.1) is 13.2 Å². The van der Waals surface area contributed by atoms with E-state index in [-0.39, 0.29) is 6.61 Å². The van der Waals surface area contributed by atoms with Crippen LogP contribution < -0.4 is 22.5 Å². The Bertz CT molecular complexity index is 3250. The van der Waals surface area contributed by atoms with E-state index in [9.17, 15) is 29.0 Å². The molecule has 0 radical (unpaired) electrons. The van der Waals surface area contributed by atoms with Crippen LogP contribution in [0.5, 0.6) is 0 Å². The molecule has 2 aromatic heterocycles. The van der Waals surface area contributed by atoms with Crippen molar-refractivity contribution in [3.63, 3.8) is 0 Å². The maximum Gasteiger partial charge on any atom is 0.394 e. The Kier molecular flexibility index (Phi) is 19.1. The van der Waals surface area contributed by atoms with Gasteiger partial charge >= 0.3 is 26.8 Å². The number of aromatic nitrogens is 4. The molecule has 0 saturated carbocycles. The van der Waals surface area contributed by atoms with Crippen LogP contribution in [0.2, 0.25) is 41.3 Å². The van der Waals surface area contributed by atoms with Gasteiger partial charge in [-0.05, 0) is 88.6 Å². The number of ether oxygens (including phenoxy) is 3. The number of halogens is 1. The highest BCUT2D eigenvalue weighted by molar-refractivity contribution is 8.55. The Labute approximate surface area is 476 Å². The first kappa shape index (κ1) is 61.6. The summed E-state index contributed by atoms with van der Waals surface area (Å²) in [6.07, 6.45) is -7.96. The highest BCUT2D eigenvalue weighted by Gasteiger charge is 2.57.